The molecule has 2 heteroatoms. The lowest BCUT2D eigenvalue weighted by Crippen LogP contribution is -2.59. The molecule has 1 aliphatic carbocycles. The second-order valence-electron chi connectivity index (χ2n) is 5.43. The van der Waals surface area contributed by atoms with E-state index in [1.54, 1.807) is 0 Å². The standard InChI is InChI=1S/C14H21NO/c1-10-6-4-5-7-11(10)9-15-12-8-13(16)14(12,2)3/h4-7,12-13,15-16H,8-9H2,1-3H3. The van der Waals surface area contributed by atoms with Crippen LogP contribution in [0, 0.1) is 12.3 Å². The van der Waals surface area contributed by atoms with E-state index < -0.39 is 0 Å². The summed E-state index contributed by atoms with van der Waals surface area (Å²) in [5.74, 6) is 0. The van der Waals surface area contributed by atoms with Crippen LogP contribution in [0.1, 0.15) is 31.4 Å². The molecule has 0 radical (unpaired) electrons. The molecule has 1 fully saturated rings. The number of rotatable bonds is 3. The van der Waals surface area contributed by atoms with Crippen molar-refractivity contribution in [1.82, 2.24) is 5.32 Å². The zero-order valence-electron chi connectivity index (χ0n) is 10.3. The molecule has 1 aromatic rings. The van der Waals surface area contributed by atoms with E-state index in [2.05, 4.69) is 50.4 Å². The van der Waals surface area contributed by atoms with Crippen LogP contribution in [0.2, 0.25) is 0 Å². The van der Waals surface area contributed by atoms with Gasteiger partial charge < -0.3 is 10.4 Å². The van der Waals surface area contributed by atoms with Crippen molar-refractivity contribution in [2.24, 2.45) is 5.41 Å². The molecule has 0 bridgehead atoms. The van der Waals surface area contributed by atoms with E-state index in [4.69, 9.17) is 0 Å². The Bertz CT molecular complexity index is 373. The fourth-order valence-electron chi connectivity index (χ4n) is 2.29. The summed E-state index contributed by atoms with van der Waals surface area (Å²) in [7, 11) is 0. The monoisotopic (exact) mass is 219 g/mol. The Balaban J connectivity index is 1.92. The number of aliphatic hydroxyl groups is 1. The van der Waals surface area contributed by atoms with E-state index in [-0.39, 0.29) is 11.5 Å². The molecule has 0 amide bonds. The lowest BCUT2D eigenvalue weighted by atomic mass is 9.64. The molecule has 0 saturated heterocycles. The van der Waals surface area contributed by atoms with Gasteiger partial charge in [0.25, 0.3) is 0 Å². The van der Waals surface area contributed by atoms with Crippen molar-refractivity contribution >= 4 is 0 Å². The molecule has 0 aromatic heterocycles. The minimum Gasteiger partial charge on any atom is -0.392 e. The van der Waals surface area contributed by atoms with Crippen molar-refractivity contribution in [3.05, 3.63) is 35.4 Å². The van der Waals surface area contributed by atoms with Gasteiger partial charge in [0.1, 0.15) is 0 Å². The highest BCUT2D eigenvalue weighted by Crippen LogP contribution is 2.40. The van der Waals surface area contributed by atoms with Crippen molar-refractivity contribution in [3.8, 4) is 0 Å². The Hall–Kier alpha value is -0.860. The minimum atomic E-state index is -0.151. The molecule has 2 N–H and O–H groups in total. The van der Waals surface area contributed by atoms with Gasteiger partial charge >= 0.3 is 0 Å². The van der Waals surface area contributed by atoms with E-state index in [1.807, 2.05) is 0 Å². The van der Waals surface area contributed by atoms with Crippen molar-refractivity contribution in [3.63, 3.8) is 0 Å². The molecule has 1 saturated carbocycles. The molecule has 0 heterocycles. The average Bonchev–Trinajstić information content (AvgIpc) is 2.26. The third kappa shape index (κ3) is 2.00. The minimum absolute atomic E-state index is 0.0166. The summed E-state index contributed by atoms with van der Waals surface area (Å²) in [6, 6.07) is 8.87. The van der Waals surface area contributed by atoms with Gasteiger partial charge in [0.15, 0.2) is 0 Å². The maximum atomic E-state index is 9.66. The number of hydrogen-bond acceptors (Lipinski definition) is 2. The Morgan fingerprint density at radius 1 is 1.38 bits per heavy atom. The van der Waals surface area contributed by atoms with E-state index >= 15 is 0 Å². The highest BCUT2D eigenvalue weighted by atomic mass is 16.3. The first-order valence-electron chi connectivity index (χ1n) is 5.98. The van der Waals surface area contributed by atoms with Crippen molar-refractivity contribution < 1.29 is 5.11 Å². The molecule has 1 aromatic carbocycles. The number of benzene rings is 1. The first kappa shape index (κ1) is 11.6. The molecule has 0 aliphatic heterocycles. The SMILES string of the molecule is Cc1ccccc1CNC1CC(O)C1(C)C. The smallest absolute Gasteiger partial charge is 0.0621 e. The average molecular weight is 219 g/mol. The molecule has 2 rings (SSSR count). The maximum absolute atomic E-state index is 9.66. The van der Waals surface area contributed by atoms with E-state index in [0.29, 0.717) is 6.04 Å². The molecule has 88 valence electrons. The van der Waals surface area contributed by atoms with Gasteiger partial charge in [0.05, 0.1) is 6.10 Å². The van der Waals surface area contributed by atoms with Gasteiger partial charge in [-0.3, -0.25) is 0 Å². The predicted molar refractivity (Wildman–Crippen MR) is 66.2 cm³/mol. The van der Waals surface area contributed by atoms with Gasteiger partial charge in [-0.05, 0) is 24.5 Å². The molecule has 2 unspecified atom stereocenters. The van der Waals surface area contributed by atoms with Gasteiger partial charge in [-0.1, -0.05) is 38.1 Å². The summed E-state index contributed by atoms with van der Waals surface area (Å²) < 4.78 is 0. The molecule has 0 spiro atoms. The van der Waals surface area contributed by atoms with Crippen LogP contribution in [0.4, 0.5) is 0 Å². The van der Waals surface area contributed by atoms with Gasteiger partial charge in [0.2, 0.25) is 0 Å². The summed E-state index contributed by atoms with van der Waals surface area (Å²) in [5.41, 5.74) is 2.69. The Morgan fingerprint density at radius 2 is 2.06 bits per heavy atom. The highest BCUT2D eigenvalue weighted by Gasteiger charge is 2.46. The third-order valence-corrected chi connectivity index (χ3v) is 4.02. The largest absolute Gasteiger partial charge is 0.392 e. The van der Waals surface area contributed by atoms with E-state index in [1.165, 1.54) is 11.1 Å². The van der Waals surface area contributed by atoms with E-state index in [0.717, 1.165) is 13.0 Å². The van der Waals surface area contributed by atoms with Crippen LogP contribution in [0.25, 0.3) is 0 Å². The third-order valence-electron chi connectivity index (χ3n) is 4.02. The normalized spacial score (nSPS) is 27.5. The fraction of sp³-hybridized carbons (Fsp3) is 0.571. The van der Waals surface area contributed by atoms with Crippen LogP contribution < -0.4 is 5.32 Å². The van der Waals surface area contributed by atoms with Crippen LogP contribution in [0.15, 0.2) is 24.3 Å². The summed E-state index contributed by atoms with van der Waals surface area (Å²) in [5, 5.41) is 13.2. The highest BCUT2D eigenvalue weighted by molar-refractivity contribution is 5.25. The number of aliphatic hydroxyl groups excluding tert-OH is 1. The van der Waals surface area contributed by atoms with Crippen molar-refractivity contribution in [2.75, 3.05) is 0 Å². The van der Waals surface area contributed by atoms with Crippen LogP contribution in [-0.2, 0) is 6.54 Å². The van der Waals surface area contributed by atoms with Gasteiger partial charge in [-0.25, -0.2) is 0 Å². The van der Waals surface area contributed by atoms with Crippen LogP contribution in [0.5, 0.6) is 0 Å². The lowest BCUT2D eigenvalue weighted by molar-refractivity contribution is -0.0729. The molecule has 16 heavy (non-hydrogen) atoms. The lowest BCUT2D eigenvalue weighted by Gasteiger charge is -2.49. The first-order chi connectivity index (χ1) is 7.51. The number of hydrogen-bond donors (Lipinski definition) is 2. The summed E-state index contributed by atoms with van der Waals surface area (Å²) >= 11 is 0. The quantitative estimate of drug-likeness (QED) is 0.817. The second-order valence-corrected chi connectivity index (χ2v) is 5.43. The second kappa shape index (κ2) is 4.19. The van der Waals surface area contributed by atoms with Gasteiger partial charge in [-0.15, -0.1) is 0 Å². The number of aryl methyl sites for hydroxylation is 1. The maximum Gasteiger partial charge on any atom is 0.0621 e. The molecular weight excluding hydrogens is 198 g/mol. The summed E-state index contributed by atoms with van der Waals surface area (Å²) in [6.07, 6.45) is 0.723. The predicted octanol–water partition coefficient (Wildman–Crippen LogP) is 2.24. The molecule has 2 atom stereocenters. The van der Waals surface area contributed by atoms with Gasteiger partial charge in [-0.2, -0.15) is 0 Å². The molecule has 2 nitrogen and oxygen atoms in total. The van der Waals surface area contributed by atoms with Crippen LogP contribution in [-0.4, -0.2) is 17.3 Å². The Labute approximate surface area is 97.7 Å². The van der Waals surface area contributed by atoms with Crippen LogP contribution >= 0.6 is 0 Å². The first-order valence-corrected chi connectivity index (χ1v) is 5.98. The fourth-order valence-corrected chi connectivity index (χ4v) is 2.29. The van der Waals surface area contributed by atoms with E-state index in [9.17, 15) is 5.11 Å². The summed E-state index contributed by atoms with van der Waals surface area (Å²) in [4.78, 5) is 0. The number of nitrogens with one attached hydrogen (secondary N) is 1. The van der Waals surface area contributed by atoms with Gasteiger partial charge in [0, 0.05) is 18.0 Å². The topological polar surface area (TPSA) is 32.3 Å². The zero-order chi connectivity index (χ0) is 11.8. The van der Waals surface area contributed by atoms with Crippen molar-refractivity contribution in [1.29, 1.82) is 0 Å². The Kier molecular flexibility index (Phi) is 3.04. The molecular formula is C14H21NO. The zero-order valence-corrected chi connectivity index (χ0v) is 10.3. The molecule has 1 aliphatic rings. The summed E-state index contributed by atoms with van der Waals surface area (Å²) in [6.45, 7) is 7.28. The Morgan fingerprint density at radius 3 is 2.62 bits per heavy atom. The van der Waals surface area contributed by atoms with Crippen molar-refractivity contribution in [2.45, 2.75) is 45.9 Å². The van der Waals surface area contributed by atoms with Crippen LogP contribution in [0.3, 0.4) is 0 Å².